The maximum Gasteiger partial charge on any atom is 0.352 e. The summed E-state index contributed by atoms with van der Waals surface area (Å²) in [7, 11) is 0. The molecule has 0 bridgehead atoms. The Hall–Kier alpha value is -4.64. The zero-order chi connectivity index (χ0) is 25.4. The van der Waals surface area contributed by atoms with Crippen molar-refractivity contribution in [2.75, 3.05) is 6.61 Å². The van der Waals surface area contributed by atoms with Gasteiger partial charge in [0.2, 0.25) is 0 Å². The molecule has 0 saturated heterocycles. The largest absolute Gasteiger partial charge is 0.493 e. The quantitative estimate of drug-likeness (QED) is 0.228. The van der Waals surface area contributed by atoms with Gasteiger partial charge in [0.15, 0.2) is 0 Å². The van der Waals surface area contributed by atoms with Crippen LogP contribution in [0.25, 0.3) is 43.8 Å². The van der Waals surface area contributed by atoms with Crippen LogP contribution in [-0.4, -0.2) is 27.7 Å². The van der Waals surface area contributed by atoms with Crippen molar-refractivity contribution in [3.63, 3.8) is 0 Å². The fourth-order valence-electron chi connectivity index (χ4n) is 5.16. The minimum Gasteiger partial charge on any atom is -0.493 e. The molecule has 6 rings (SSSR count). The average molecular weight is 487 g/mol. The SMILES string of the molecule is Cc1cc2ccccc2nc1-c1cccc2c(CCCOc3cccc4ccccc34)c(C(=O)O)[nH]c12. The number of pyridine rings is 1. The van der Waals surface area contributed by atoms with Crippen LogP contribution in [0.15, 0.2) is 91.0 Å². The fraction of sp³-hybridized carbons (Fsp3) is 0.125. The molecule has 0 saturated carbocycles. The Morgan fingerprint density at radius 2 is 1.62 bits per heavy atom. The maximum atomic E-state index is 12.2. The summed E-state index contributed by atoms with van der Waals surface area (Å²) in [5.41, 5.74) is 5.54. The van der Waals surface area contributed by atoms with Gasteiger partial charge in [-0.05, 0) is 54.5 Å². The van der Waals surface area contributed by atoms with Crippen LogP contribution < -0.4 is 4.74 Å². The number of nitrogens with one attached hydrogen (secondary N) is 1. The van der Waals surface area contributed by atoms with E-state index >= 15 is 0 Å². The smallest absolute Gasteiger partial charge is 0.352 e. The first-order valence-corrected chi connectivity index (χ1v) is 12.4. The molecule has 0 amide bonds. The predicted octanol–water partition coefficient (Wildman–Crippen LogP) is 7.55. The van der Waals surface area contributed by atoms with Gasteiger partial charge < -0.3 is 14.8 Å². The van der Waals surface area contributed by atoms with Crippen molar-refractivity contribution in [1.82, 2.24) is 9.97 Å². The van der Waals surface area contributed by atoms with Crippen LogP contribution >= 0.6 is 0 Å². The van der Waals surface area contributed by atoms with Crippen LogP contribution in [0.1, 0.15) is 28.0 Å². The fourth-order valence-corrected chi connectivity index (χ4v) is 5.16. The summed E-state index contributed by atoms with van der Waals surface area (Å²) in [4.78, 5) is 20.3. The molecular formula is C32H26N2O3. The van der Waals surface area contributed by atoms with Crippen LogP contribution in [-0.2, 0) is 6.42 Å². The number of fused-ring (bicyclic) bond motifs is 3. The molecule has 5 nitrogen and oxygen atoms in total. The summed E-state index contributed by atoms with van der Waals surface area (Å²) in [5, 5.41) is 14.2. The highest BCUT2D eigenvalue weighted by Crippen LogP contribution is 2.34. The molecule has 37 heavy (non-hydrogen) atoms. The number of carboxylic acids is 1. The number of aryl methyl sites for hydroxylation is 2. The van der Waals surface area contributed by atoms with Gasteiger partial charge in [0, 0.05) is 21.7 Å². The predicted molar refractivity (Wildman–Crippen MR) is 148 cm³/mol. The van der Waals surface area contributed by atoms with E-state index in [1.54, 1.807) is 0 Å². The highest BCUT2D eigenvalue weighted by Gasteiger charge is 2.20. The molecule has 182 valence electrons. The molecule has 0 aliphatic rings. The number of H-pyrrole nitrogens is 1. The van der Waals surface area contributed by atoms with Gasteiger partial charge in [-0.15, -0.1) is 0 Å². The van der Waals surface area contributed by atoms with Crippen molar-refractivity contribution in [2.45, 2.75) is 19.8 Å². The van der Waals surface area contributed by atoms with Gasteiger partial charge in [-0.25, -0.2) is 9.78 Å². The molecule has 0 unspecified atom stereocenters. The van der Waals surface area contributed by atoms with Crippen molar-refractivity contribution in [2.24, 2.45) is 0 Å². The lowest BCUT2D eigenvalue weighted by atomic mass is 9.99. The standard InChI is InChI=1S/C32H26N2O3/c1-20-19-22-10-3-5-16-27(22)33-29(20)26-14-7-13-24-25(31(32(35)36)34-30(24)26)15-8-18-37-28-17-6-11-21-9-2-4-12-23(21)28/h2-7,9-14,16-17,19,34H,8,15,18H2,1H3,(H,35,36). The molecule has 0 fully saturated rings. The van der Waals surface area contributed by atoms with Crippen molar-refractivity contribution in [1.29, 1.82) is 0 Å². The number of aromatic amines is 1. The summed E-state index contributed by atoms with van der Waals surface area (Å²) in [6.45, 7) is 2.53. The molecule has 2 N–H and O–H groups in total. The summed E-state index contributed by atoms with van der Waals surface area (Å²) in [6, 6.07) is 30.3. The average Bonchev–Trinajstić information content (AvgIpc) is 3.30. The molecule has 4 aromatic carbocycles. The molecule has 6 aromatic rings. The lowest BCUT2D eigenvalue weighted by Gasteiger charge is -2.10. The Morgan fingerprint density at radius 1 is 0.892 bits per heavy atom. The van der Waals surface area contributed by atoms with E-state index in [1.165, 1.54) is 0 Å². The molecular weight excluding hydrogens is 460 g/mol. The third-order valence-electron chi connectivity index (χ3n) is 6.90. The van der Waals surface area contributed by atoms with Gasteiger partial charge in [-0.3, -0.25) is 0 Å². The van der Waals surface area contributed by atoms with E-state index < -0.39 is 5.97 Å². The van der Waals surface area contributed by atoms with Gasteiger partial charge in [0.25, 0.3) is 0 Å². The molecule has 0 aliphatic heterocycles. The minimum atomic E-state index is -0.963. The summed E-state index contributed by atoms with van der Waals surface area (Å²) in [6.07, 6.45) is 1.27. The zero-order valence-electron chi connectivity index (χ0n) is 20.5. The second-order valence-electron chi connectivity index (χ2n) is 9.29. The first-order chi connectivity index (χ1) is 18.1. The van der Waals surface area contributed by atoms with E-state index in [2.05, 4.69) is 35.3 Å². The van der Waals surface area contributed by atoms with Gasteiger partial charge in [-0.2, -0.15) is 0 Å². The second-order valence-corrected chi connectivity index (χ2v) is 9.29. The van der Waals surface area contributed by atoms with E-state index in [0.29, 0.717) is 19.4 Å². The molecule has 0 aliphatic carbocycles. The monoisotopic (exact) mass is 486 g/mol. The van der Waals surface area contributed by atoms with Crippen LogP contribution in [0, 0.1) is 6.92 Å². The number of aromatic carboxylic acids is 1. The zero-order valence-corrected chi connectivity index (χ0v) is 20.5. The summed E-state index contributed by atoms with van der Waals surface area (Å²) in [5.74, 6) is -0.120. The van der Waals surface area contributed by atoms with Crippen molar-refractivity contribution < 1.29 is 14.6 Å². The maximum absolute atomic E-state index is 12.2. The number of hydrogen-bond acceptors (Lipinski definition) is 3. The van der Waals surface area contributed by atoms with Crippen LogP contribution in [0.2, 0.25) is 0 Å². The van der Waals surface area contributed by atoms with Gasteiger partial charge in [0.1, 0.15) is 11.4 Å². The van der Waals surface area contributed by atoms with Crippen molar-refractivity contribution >= 4 is 38.5 Å². The molecule has 2 aromatic heterocycles. The Morgan fingerprint density at radius 3 is 2.49 bits per heavy atom. The number of hydrogen-bond donors (Lipinski definition) is 2. The Bertz CT molecular complexity index is 1780. The highest BCUT2D eigenvalue weighted by molar-refractivity contribution is 6.03. The molecule has 0 radical (unpaired) electrons. The van der Waals surface area contributed by atoms with Gasteiger partial charge >= 0.3 is 5.97 Å². The third-order valence-corrected chi connectivity index (χ3v) is 6.90. The first-order valence-electron chi connectivity index (χ1n) is 12.4. The van der Waals surface area contributed by atoms with E-state index in [0.717, 1.165) is 60.7 Å². The number of rotatable bonds is 7. The van der Waals surface area contributed by atoms with E-state index in [-0.39, 0.29) is 5.69 Å². The van der Waals surface area contributed by atoms with Crippen LogP contribution in [0.4, 0.5) is 0 Å². The minimum absolute atomic E-state index is 0.228. The molecule has 2 heterocycles. The lowest BCUT2D eigenvalue weighted by molar-refractivity contribution is 0.0690. The van der Waals surface area contributed by atoms with Crippen LogP contribution in [0.5, 0.6) is 5.75 Å². The normalized spacial score (nSPS) is 11.4. The van der Waals surface area contributed by atoms with E-state index in [1.807, 2.05) is 67.6 Å². The van der Waals surface area contributed by atoms with Crippen LogP contribution in [0.3, 0.4) is 0 Å². The van der Waals surface area contributed by atoms with Gasteiger partial charge in [-0.1, -0.05) is 72.8 Å². The molecule has 0 atom stereocenters. The summed E-state index contributed by atoms with van der Waals surface area (Å²) < 4.78 is 6.11. The van der Waals surface area contributed by atoms with E-state index in [4.69, 9.17) is 9.72 Å². The molecule has 5 heteroatoms. The number of carbonyl (C=O) groups is 1. The Kier molecular flexibility index (Phi) is 5.81. The Balaban J connectivity index is 1.32. The number of benzene rings is 4. The number of aromatic nitrogens is 2. The summed E-state index contributed by atoms with van der Waals surface area (Å²) >= 11 is 0. The lowest BCUT2D eigenvalue weighted by Crippen LogP contribution is -2.04. The van der Waals surface area contributed by atoms with Gasteiger partial charge in [0.05, 0.1) is 23.3 Å². The highest BCUT2D eigenvalue weighted by atomic mass is 16.5. The number of nitrogens with zero attached hydrogens (tertiary/aromatic N) is 1. The Labute approximate surface area is 214 Å². The number of ether oxygens (including phenoxy) is 1. The van der Waals surface area contributed by atoms with E-state index in [9.17, 15) is 9.90 Å². The number of para-hydroxylation sites is 2. The first kappa shape index (κ1) is 22.8. The molecule has 0 spiro atoms. The second kappa shape index (κ2) is 9.43. The third kappa shape index (κ3) is 4.19. The van der Waals surface area contributed by atoms with Crippen molar-refractivity contribution in [3.05, 3.63) is 108 Å². The topological polar surface area (TPSA) is 75.2 Å². The van der Waals surface area contributed by atoms with Crippen molar-refractivity contribution in [3.8, 4) is 17.0 Å². The number of carboxylic acid groups (broad SMARTS) is 1.